The molecule has 0 N–H and O–H groups in total. The maximum Gasteiger partial charge on any atom is 0.248 e. The Hall–Kier alpha value is -1.72. The second kappa shape index (κ2) is 8.75. The van der Waals surface area contributed by atoms with E-state index >= 15 is 0 Å². The first-order chi connectivity index (χ1) is 13.7. The molecule has 0 bridgehead atoms. The molecule has 0 radical (unpaired) electrons. The number of hydrogen-bond acceptors (Lipinski definition) is 5. The Balaban J connectivity index is 1.42. The van der Waals surface area contributed by atoms with Gasteiger partial charge in [-0.15, -0.1) is 10.2 Å². The van der Waals surface area contributed by atoms with Gasteiger partial charge in [-0.05, 0) is 74.2 Å². The molecule has 4 rings (SSSR count). The topological polar surface area (TPSA) is 51.4 Å². The molecule has 1 unspecified atom stereocenters. The van der Waals surface area contributed by atoms with Gasteiger partial charge in [0.25, 0.3) is 0 Å². The zero-order valence-corrected chi connectivity index (χ0v) is 17.5. The molecule has 2 aliphatic rings. The second-order valence-corrected chi connectivity index (χ2v) is 8.76. The van der Waals surface area contributed by atoms with Crippen LogP contribution in [0.2, 0.25) is 0 Å². The summed E-state index contributed by atoms with van der Waals surface area (Å²) in [6.45, 7) is 8.80. The number of ether oxygens (including phenoxy) is 1. The highest BCUT2D eigenvalue weighted by Gasteiger charge is 2.29. The summed E-state index contributed by atoms with van der Waals surface area (Å²) in [5, 5.41) is 8.88. The van der Waals surface area contributed by atoms with Gasteiger partial charge < -0.3 is 14.1 Å². The summed E-state index contributed by atoms with van der Waals surface area (Å²) < 4.78 is 11.4. The second-order valence-electron chi connectivity index (χ2n) is 8.76. The smallest absolute Gasteiger partial charge is 0.248 e. The molecule has 1 fully saturated rings. The standard InChI is InChI=1S/C23H33N3O2/c1-16(2)19-14-18-6-4-7-20(21(18)15-19)23-25-24-22(28-23)17-8-11-26(12-9-17)10-5-13-27-3/h4,6-7,16-17,19H,5,8-15H2,1-3H3. The lowest BCUT2D eigenvalue weighted by Gasteiger charge is -2.30. The summed E-state index contributed by atoms with van der Waals surface area (Å²) in [6.07, 6.45) is 5.58. The van der Waals surface area contributed by atoms with Gasteiger partial charge in [0.05, 0.1) is 0 Å². The number of fused-ring (bicyclic) bond motifs is 1. The normalized spacial score (nSPS) is 20.8. The molecular formula is C23H33N3O2. The maximum absolute atomic E-state index is 6.20. The lowest BCUT2D eigenvalue weighted by molar-refractivity contribution is 0.154. The minimum absolute atomic E-state index is 0.389. The summed E-state index contributed by atoms with van der Waals surface area (Å²) in [4.78, 5) is 2.52. The fourth-order valence-electron chi connectivity index (χ4n) is 4.70. The van der Waals surface area contributed by atoms with Gasteiger partial charge in [0.1, 0.15) is 0 Å². The van der Waals surface area contributed by atoms with E-state index in [0.29, 0.717) is 17.7 Å². The Morgan fingerprint density at radius 3 is 2.75 bits per heavy atom. The van der Waals surface area contributed by atoms with Crippen molar-refractivity contribution in [3.05, 3.63) is 35.2 Å². The number of methoxy groups -OCH3 is 1. The van der Waals surface area contributed by atoms with Crippen molar-refractivity contribution >= 4 is 0 Å². The first-order valence-electron chi connectivity index (χ1n) is 10.8. The highest BCUT2D eigenvalue weighted by Crippen LogP contribution is 2.38. The summed E-state index contributed by atoms with van der Waals surface area (Å²) in [5.74, 6) is 3.34. The number of nitrogens with zero attached hydrogens (tertiary/aromatic N) is 3. The van der Waals surface area contributed by atoms with E-state index in [1.807, 2.05) is 0 Å². The van der Waals surface area contributed by atoms with Crippen LogP contribution in [0.4, 0.5) is 0 Å². The van der Waals surface area contributed by atoms with E-state index in [-0.39, 0.29) is 0 Å². The Morgan fingerprint density at radius 2 is 2.00 bits per heavy atom. The van der Waals surface area contributed by atoms with Crippen molar-refractivity contribution < 1.29 is 9.15 Å². The molecule has 5 nitrogen and oxygen atoms in total. The highest BCUT2D eigenvalue weighted by molar-refractivity contribution is 5.62. The molecule has 1 aliphatic carbocycles. The maximum atomic E-state index is 6.20. The van der Waals surface area contributed by atoms with Crippen LogP contribution >= 0.6 is 0 Å². The third kappa shape index (κ3) is 4.15. The zero-order chi connectivity index (χ0) is 19.5. The third-order valence-corrected chi connectivity index (χ3v) is 6.59. The van der Waals surface area contributed by atoms with Gasteiger partial charge in [0, 0.05) is 31.7 Å². The van der Waals surface area contributed by atoms with Crippen LogP contribution < -0.4 is 0 Å². The Bertz CT molecular complexity index is 778. The van der Waals surface area contributed by atoms with E-state index < -0.39 is 0 Å². The largest absolute Gasteiger partial charge is 0.420 e. The van der Waals surface area contributed by atoms with Crippen molar-refractivity contribution in [2.24, 2.45) is 11.8 Å². The minimum Gasteiger partial charge on any atom is -0.420 e. The zero-order valence-electron chi connectivity index (χ0n) is 17.5. The Morgan fingerprint density at radius 1 is 1.18 bits per heavy atom. The molecule has 0 amide bonds. The Labute approximate surface area is 168 Å². The van der Waals surface area contributed by atoms with E-state index in [2.05, 4.69) is 47.1 Å². The van der Waals surface area contributed by atoms with Crippen molar-refractivity contribution in [2.45, 2.75) is 51.9 Å². The van der Waals surface area contributed by atoms with Crippen LogP contribution in [0.1, 0.15) is 56.0 Å². The van der Waals surface area contributed by atoms with Crippen molar-refractivity contribution in [1.29, 1.82) is 0 Å². The van der Waals surface area contributed by atoms with Gasteiger partial charge in [-0.3, -0.25) is 0 Å². The summed E-state index contributed by atoms with van der Waals surface area (Å²) in [5.41, 5.74) is 4.03. The van der Waals surface area contributed by atoms with E-state index in [9.17, 15) is 0 Å². The van der Waals surface area contributed by atoms with E-state index in [1.54, 1.807) is 7.11 Å². The van der Waals surface area contributed by atoms with Gasteiger partial charge >= 0.3 is 0 Å². The number of piperidine rings is 1. The first kappa shape index (κ1) is 19.6. The number of aromatic nitrogens is 2. The fourth-order valence-corrected chi connectivity index (χ4v) is 4.70. The lowest BCUT2D eigenvalue weighted by atomic mass is 9.93. The average molecular weight is 384 g/mol. The number of benzene rings is 1. The van der Waals surface area contributed by atoms with Crippen LogP contribution in [0.25, 0.3) is 11.5 Å². The summed E-state index contributed by atoms with van der Waals surface area (Å²) >= 11 is 0. The number of hydrogen-bond donors (Lipinski definition) is 0. The van der Waals surface area contributed by atoms with Crippen LogP contribution in [0.5, 0.6) is 0 Å². The summed E-state index contributed by atoms with van der Waals surface area (Å²) in [6, 6.07) is 6.55. The SMILES string of the molecule is COCCCN1CCC(c2nnc(-c3cccc4c3CC(C(C)C)C4)o2)CC1. The molecule has 1 aromatic carbocycles. The van der Waals surface area contributed by atoms with Crippen molar-refractivity contribution in [1.82, 2.24) is 15.1 Å². The van der Waals surface area contributed by atoms with E-state index in [4.69, 9.17) is 9.15 Å². The predicted octanol–water partition coefficient (Wildman–Crippen LogP) is 4.32. The van der Waals surface area contributed by atoms with E-state index in [1.165, 1.54) is 17.5 Å². The van der Waals surface area contributed by atoms with Crippen molar-refractivity contribution in [2.75, 3.05) is 33.4 Å². The first-order valence-corrected chi connectivity index (χ1v) is 10.8. The lowest BCUT2D eigenvalue weighted by Crippen LogP contribution is -2.34. The third-order valence-electron chi connectivity index (χ3n) is 6.59. The molecule has 1 aromatic heterocycles. The fraction of sp³-hybridized carbons (Fsp3) is 0.652. The number of likely N-dealkylation sites (tertiary alicyclic amines) is 1. The van der Waals surface area contributed by atoms with Gasteiger partial charge in [-0.25, -0.2) is 0 Å². The molecule has 1 aliphatic heterocycles. The molecule has 2 aromatic rings. The molecule has 2 heterocycles. The molecule has 5 heteroatoms. The van der Waals surface area contributed by atoms with Crippen molar-refractivity contribution in [3.63, 3.8) is 0 Å². The monoisotopic (exact) mass is 383 g/mol. The number of rotatable bonds is 7. The highest BCUT2D eigenvalue weighted by atomic mass is 16.5. The molecule has 0 saturated carbocycles. The van der Waals surface area contributed by atoms with Crippen molar-refractivity contribution in [3.8, 4) is 11.5 Å². The van der Waals surface area contributed by atoms with Crippen LogP contribution in [-0.4, -0.2) is 48.4 Å². The molecule has 1 atom stereocenters. The van der Waals surface area contributed by atoms with Gasteiger partial charge in [0.2, 0.25) is 11.8 Å². The van der Waals surface area contributed by atoms with Crippen LogP contribution in [0.15, 0.2) is 22.6 Å². The van der Waals surface area contributed by atoms with Gasteiger partial charge in [-0.2, -0.15) is 0 Å². The minimum atomic E-state index is 0.389. The molecular weight excluding hydrogens is 350 g/mol. The predicted molar refractivity (Wildman–Crippen MR) is 110 cm³/mol. The summed E-state index contributed by atoms with van der Waals surface area (Å²) in [7, 11) is 1.77. The van der Waals surface area contributed by atoms with Crippen LogP contribution in [0.3, 0.4) is 0 Å². The van der Waals surface area contributed by atoms with Gasteiger partial charge in [0.15, 0.2) is 0 Å². The molecule has 1 saturated heterocycles. The average Bonchev–Trinajstić information content (AvgIpc) is 3.36. The molecule has 0 spiro atoms. The molecule has 28 heavy (non-hydrogen) atoms. The molecule has 152 valence electrons. The van der Waals surface area contributed by atoms with Crippen LogP contribution in [-0.2, 0) is 17.6 Å². The quantitative estimate of drug-likeness (QED) is 0.666. The van der Waals surface area contributed by atoms with Crippen LogP contribution in [0, 0.1) is 11.8 Å². The Kier molecular flexibility index (Phi) is 6.12. The van der Waals surface area contributed by atoms with E-state index in [0.717, 1.165) is 69.3 Å². The van der Waals surface area contributed by atoms with Gasteiger partial charge in [-0.1, -0.05) is 26.0 Å².